The van der Waals surface area contributed by atoms with E-state index >= 15 is 0 Å². The van der Waals surface area contributed by atoms with Gasteiger partial charge in [0.1, 0.15) is 6.29 Å². The Morgan fingerprint density at radius 2 is 1.91 bits per heavy atom. The summed E-state index contributed by atoms with van der Waals surface area (Å²) >= 11 is 0. The third kappa shape index (κ3) is 2.49. The molecule has 0 heterocycles. The molecule has 0 aromatic carbocycles. The Bertz CT molecular complexity index is 208. The molecule has 0 atom stereocenters. The van der Waals surface area contributed by atoms with Crippen molar-refractivity contribution in [2.75, 3.05) is 7.05 Å². The highest BCUT2D eigenvalue weighted by Gasteiger charge is 2.11. The molecule has 0 saturated carbocycles. The Labute approximate surface area is 64.4 Å². The van der Waals surface area contributed by atoms with E-state index in [1.54, 1.807) is 0 Å². The molecule has 0 saturated heterocycles. The van der Waals surface area contributed by atoms with Gasteiger partial charge in [0.15, 0.2) is 0 Å². The Balaban J connectivity index is 4.60. The van der Waals surface area contributed by atoms with Gasteiger partial charge in [-0.15, -0.1) is 0 Å². The smallest absolute Gasteiger partial charge is 0.277 e. The number of likely N-dealkylation sites (N-methyl/N-ethyl adjacent to an activating group) is 1. The lowest BCUT2D eigenvalue weighted by Gasteiger charge is -2.05. The van der Waals surface area contributed by atoms with Gasteiger partial charge in [0.05, 0.1) is 0 Å². The Morgan fingerprint density at radius 1 is 1.45 bits per heavy atom. The number of hydrogen-bond acceptors (Lipinski definition) is 2. The van der Waals surface area contributed by atoms with Crippen molar-refractivity contribution in [3.63, 3.8) is 0 Å². The van der Waals surface area contributed by atoms with Gasteiger partial charge in [-0.3, -0.25) is 9.59 Å². The number of hydrogen-bond donors (Lipinski definition) is 0. The lowest BCUT2D eigenvalue weighted by molar-refractivity contribution is -0.138. The van der Waals surface area contributed by atoms with Gasteiger partial charge < -0.3 is 0 Å². The van der Waals surface area contributed by atoms with Crippen LogP contribution in [0.4, 0.5) is 4.48 Å². The van der Waals surface area contributed by atoms with Crippen molar-refractivity contribution < 1.29 is 14.1 Å². The van der Waals surface area contributed by atoms with E-state index in [4.69, 9.17) is 0 Å². The quantitative estimate of drug-likeness (QED) is 0.340. The van der Waals surface area contributed by atoms with Crippen molar-refractivity contribution in [2.24, 2.45) is 0 Å². The van der Waals surface area contributed by atoms with Crippen LogP contribution in [-0.2, 0) is 9.59 Å². The van der Waals surface area contributed by atoms with Crippen LogP contribution >= 0.6 is 0 Å². The van der Waals surface area contributed by atoms with E-state index in [-0.39, 0.29) is 16.3 Å². The standard InChI is InChI=1S/C7H10FNO2/c1-5(4-10)6(2)7(11)9(3)8/h4H,1-3H3/b6-5-. The van der Waals surface area contributed by atoms with E-state index in [1.807, 2.05) is 0 Å². The summed E-state index contributed by atoms with van der Waals surface area (Å²) in [5.74, 6) is -0.783. The monoisotopic (exact) mass is 159 g/mol. The normalized spacial score (nSPS) is 12.0. The second kappa shape index (κ2) is 3.85. The van der Waals surface area contributed by atoms with Crippen LogP contribution < -0.4 is 0 Å². The predicted octanol–water partition coefficient (Wildman–Crippen LogP) is 0.865. The van der Waals surface area contributed by atoms with Crippen LogP contribution in [0.25, 0.3) is 0 Å². The zero-order chi connectivity index (χ0) is 9.02. The predicted molar refractivity (Wildman–Crippen MR) is 38.3 cm³/mol. The van der Waals surface area contributed by atoms with Crippen molar-refractivity contribution in [1.82, 2.24) is 5.12 Å². The third-order valence-electron chi connectivity index (χ3n) is 1.37. The molecule has 62 valence electrons. The van der Waals surface area contributed by atoms with Crippen LogP contribution in [0.2, 0.25) is 0 Å². The minimum Gasteiger partial charge on any atom is -0.298 e. The van der Waals surface area contributed by atoms with E-state index in [9.17, 15) is 14.1 Å². The molecular formula is C7H10FNO2. The first-order chi connectivity index (χ1) is 5.00. The van der Waals surface area contributed by atoms with Gasteiger partial charge in [-0.05, 0) is 19.4 Å². The molecule has 0 aliphatic carbocycles. The Hall–Kier alpha value is -1.19. The molecule has 3 nitrogen and oxygen atoms in total. The molecular weight excluding hydrogens is 149 g/mol. The zero-order valence-electron chi connectivity index (χ0n) is 6.72. The Morgan fingerprint density at radius 3 is 2.18 bits per heavy atom. The molecule has 0 fully saturated rings. The first-order valence-corrected chi connectivity index (χ1v) is 3.07. The number of aldehydes is 1. The number of nitrogens with zero attached hydrogens (tertiary/aromatic N) is 1. The molecule has 0 N–H and O–H groups in total. The minimum atomic E-state index is -0.783. The summed E-state index contributed by atoms with van der Waals surface area (Å²) in [4.78, 5) is 20.9. The number of allylic oxidation sites excluding steroid dienone is 1. The minimum absolute atomic E-state index is 0.0532. The first kappa shape index (κ1) is 9.81. The molecule has 0 aromatic heterocycles. The molecule has 0 spiro atoms. The number of rotatable bonds is 2. The van der Waals surface area contributed by atoms with Crippen molar-refractivity contribution >= 4 is 12.2 Å². The Kier molecular flexibility index (Phi) is 3.44. The summed E-state index contributed by atoms with van der Waals surface area (Å²) in [6.07, 6.45) is 0.525. The van der Waals surface area contributed by atoms with Crippen molar-refractivity contribution in [3.05, 3.63) is 11.1 Å². The highest BCUT2D eigenvalue weighted by atomic mass is 19.2. The van der Waals surface area contributed by atoms with Crippen LogP contribution in [0.15, 0.2) is 11.1 Å². The zero-order valence-corrected chi connectivity index (χ0v) is 6.72. The van der Waals surface area contributed by atoms with Crippen LogP contribution in [0, 0.1) is 0 Å². The first-order valence-electron chi connectivity index (χ1n) is 3.07. The summed E-state index contributed by atoms with van der Waals surface area (Å²) in [6, 6.07) is 0. The van der Waals surface area contributed by atoms with Crippen LogP contribution in [-0.4, -0.2) is 24.4 Å². The molecule has 0 unspecified atom stereocenters. The lowest BCUT2D eigenvalue weighted by Crippen LogP contribution is -2.19. The van der Waals surface area contributed by atoms with E-state index in [2.05, 4.69) is 0 Å². The van der Waals surface area contributed by atoms with Gasteiger partial charge in [-0.25, -0.2) is 0 Å². The summed E-state index contributed by atoms with van der Waals surface area (Å²) in [5.41, 5.74) is 0.379. The van der Waals surface area contributed by atoms with Gasteiger partial charge in [0, 0.05) is 12.6 Å². The average Bonchev–Trinajstić information content (AvgIpc) is 2.00. The summed E-state index contributed by atoms with van der Waals surface area (Å²) < 4.78 is 12.2. The number of carbonyl (C=O) groups excluding carboxylic acids is 2. The maximum absolute atomic E-state index is 12.2. The van der Waals surface area contributed by atoms with Crippen molar-refractivity contribution in [2.45, 2.75) is 13.8 Å². The summed E-state index contributed by atoms with van der Waals surface area (Å²) in [5, 5.41) is -0.0532. The van der Waals surface area contributed by atoms with Crippen LogP contribution in [0.3, 0.4) is 0 Å². The average molecular weight is 159 g/mol. The molecule has 0 bridgehead atoms. The molecule has 0 rings (SSSR count). The summed E-state index contributed by atoms with van der Waals surface area (Å²) in [7, 11) is 0.990. The fraction of sp³-hybridized carbons (Fsp3) is 0.429. The van der Waals surface area contributed by atoms with Crippen molar-refractivity contribution in [3.8, 4) is 0 Å². The van der Waals surface area contributed by atoms with Gasteiger partial charge in [-0.1, -0.05) is 4.48 Å². The molecule has 4 heteroatoms. The third-order valence-corrected chi connectivity index (χ3v) is 1.37. The molecule has 1 amide bonds. The maximum atomic E-state index is 12.2. The van der Waals surface area contributed by atoms with E-state index in [1.165, 1.54) is 13.8 Å². The SMILES string of the molecule is C/C(C=O)=C(\C)C(=O)N(C)F. The fourth-order valence-corrected chi connectivity index (χ4v) is 0.488. The van der Waals surface area contributed by atoms with Gasteiger partial charge >= 0.3 is 0 Å². The number of carbonyl (C=O) groups is 2. The maximum Gasteiger partial charge on any atom is 0.277 e. The largest absolute Gasteiger partial charge is 0.298 e. The fourth-order valence-electron chi connectivity index (χ4n) is 0.488. The highest BCUT2D eigenvalue weighted by Crippen LogP contribution is 2.04. The highest BCUT2D eigenvalue weighted by molar-refractivity contribution is 5.97. The molecule has 0 radical (unpaired) electrons. The van der Waals surface area contributed by atoms with Gasteiger partial charge in [-0.2, -0.15) is 5.12 Å². The van der Waals surface area contributed by atoms with Crippen LogP contribution in [0.5, 0.6) is 0 Å². The second-order valence-electron chi connectivity index (χ2n) is 2.21. The van der Waals surface area contributed by atoms with E-state index in [0.29, 0.717) is 6.29 Å². The van der Waals surface area contributed by atoms with Gasteiger partial charge in [0.2, 0.25) is 0 Å². The van der Waals surface area contributed by atoms with Gasteiger partial charge in [0.25, 0.3) is 5.91 Å². The van der Waals surface area contributed by atoms with E-state index < -0.39 is 5.91 Å². The van der Waals surface area contributed by atoms with E-state index in [0.717, 1.165) is 7.05 Å². The number of amides is 1. The van der Waals surface area contributed by atoms with Crippen molar-refractivity contribution in [1.29, 1.82) is 0 Å². The molecule has 0 aliphatic heterocycles. The molecule has 0 aromatic rings. The molecule has 11 heavy (non-hydrogen) atoms. The lowest BCUT2D eigenvalue weighted by atomic mass is 10.1. The topological polar surface area (TPSA) is 37.4 Å². The summed E-state index contributed by atoms with van der Waals surface area (Å²) in [6.45, 7) is 2.87. The second-order valence-corrected chi connectivity index (χ2v) is 2.21. The number of halogens is 1. The molecule has 0 aliphatic rings. The van der Waals surface area contributed by atoms with Crippen LogP contribution in [0.1, 0.15) is 13.8 Å².